The Morgan fingerprint density at radius 3 is 1.84 bits per heavy atom. The van der Waals surface area contributed by atoms with Gasteiger partial charge in [-0.15, -0.1) is 0 Å². The van der Waals surface area contributed by atoms with E-state index in [-0.39, 0.29) is 0 Å². The van der Waals surface area contributed by atoms with Crippen molar-refractivity contribution < 1.29 is 23.7 Å². The molecule has 0 atom stereocenters. The quantitative estimate of drug-likeness (QED) is 0.129. The van der Waals surface area contributed by atoms with E-state index in [9.17, 15) is 0 Å². The molecule has 1 heterocycles. The van der Waals surface area contributed by atoms with Crippen LogP contribution in [-0.4, -0.2) is 59.7 Å². The molecule has 0 radical (unpaired) electrons. The normalized spacial score (nSPS) is 10.9. The second-order valence-electron chi connectivity index (χ2n) is 10.3. The Bertz CT molecular complexity index is 1400. The van der Waals surface area contributed by atoms with Gasteiger partial charge in [0.25, 0.3) is 0 Å². The first-order chi connectivity index (χ1) is 21.0. The first-order valence-corrected chi connectivity index (χ1v) is 14.5. The minimum Gasteiger partial charge on any atom is -0.497 e. The fourth-order valence-corrected chi connectivity index (χ4v) is 4.59. The van der Waals surface area contributed by atoms with Gasteiger partial charge >= 0.3 is 0 Å². The van der Waals surface area contributed by atoms with Gasteiger partial charge in [0, 0.05) is 44.8 Å². The number of rotatable bonds is 18. The lowest BCUT2D eigenvalue weighted by atomic mass is 10.1. The number of nitrogens with zero attached hydrogens (tertiary/aromatic N) is 3. The fraction of sp³-hybridized carbons (Fsp3) is 0.343. The van der Waals surface area contributed by atoms with E-state index in [1.165, 1.54) is 16.8 Å². The second-order valence-corrected chi connectivity index (χ2v) is 10.3. The lowest BCUT2D eigenvalue weighted by molar-refractivity contribution is 0.00651. The summed E-state index contributed by atoms with van der Waals surface area (Å²) < 4.78 is 28.0. The van der Waals surface area contributed by atoms with Crippen molar-refractivity contribution in [2.24, 2.45) is 0 Å². The van der Waals surface area contributed by atoms with Gasteiger partial charge in [-0.1, -0.05) is 36.4 Å². The van der Waals surface area contributed by atoms with Crippen LogP contribution in [0.15, 0.2) is 91.1 Å². The number of pyridine rings is 1. The van der Waals surface area contributed by atoms with E-state index in [1.807, 2.05) is 48.7 Å². The van der Waals surface area contributed by atoms with Crippen molar-refractivity contribution in [3.05, 3.63) is 114 Å². The Hall–Kier alpha value is -4.11. The predicted octanol–water partition coefficient (Wildman–Crippen LogP) is 6.12. The van der Waals surface area contributed by atoms with Gasteiger partial charge in [-0.05, 0) is 65.2 Å². The summed E-state index contributed by atoms with van der Waals surface area (Å²) in [5.41, 5.74) is 6.60. The van der Waals surface area contributed by atoms with E-state index in [4.69, 9.17) is 23.7 Å². The molecule has 0 saturated carbocycles. The van der Waals surface area contributed by atoms with Gasteiger partial charge in [0.05, 0.1) is 59.6 Å². The first-order valence-electron chi connectivity index (χ1n) is 14.5. The molecule has 228 valence electrons. The molecule has 0 spiro atoms. The van der Waals surface area contributed by atoms with Crippen LogP contribution in [0, 0.1) is 0 Å². The molecule has 0 fully saturated rings. The Kier molecular flexibility index (Phi) is 12.7. The van der Waals surface area contributed by atoms with Gasteiger partial charge < -0.3 is 33.5 Å². The van der Waals surface area contributed by atoms with Gasteiger partial charge in [-0.2, -0.15) is 0 Å². The molecule has 0 unspecified atom stereocenters. The number of anilines is 2. The molecule has 0 aliphatic rings. The van der Waals surface area contributed by atoms with Crippen molar-refractivity contribution >= 4 is 11.4 Å². The van der Waals surface area contributed by atoms with Crippen LogP contribution in [0.5, 0.6) is 11.5 Å². The van der Waals surface area contributed by atoms with Crippen molar-refractivity contribution in [3.63, 3.8) is 0 Å². The van der Waals surface area contributed by atoms with Crippen molar-refractivity contribution in [3.8, 4) is 11.5 Å². The topological polar surface area (TPSA) is 65.5 Å². The van der Waals surface area contributed by atoms with Crippen LogP contribution in [0.1, 0.15) is 22.4 Å². The maximum atomic E-state index is 5.88. The molecule has 43 heavy (non-hydrogen) atoms. The van der Waals surface area contributed by atoms with E-state index in [0.717, 1.165) is 41.5 Å². The van der Waals surface area contributed by atoms with E-state index < -0.39 is 0 Å². The highest BCUT2D eigenvalue weighted by Crippen LogP contribution is 2.24. The van der Waals surface area contributed by atoms with E-state index >= 15 is 0 Å². The molecule has 4 rings (SSSR count). The summed E-state index contributed by atoms with van der Waals surface area (Å²) >= 11 is 0. The van der Waals surface area contributed by atoms with Gasteiger partial charge in [0.1, 0.15) is 11.5 Å². The third kappa shape index (κ3) is 10.6. The lowest BCUT2D eigenvalue weighted by Crippen LogP contribution is -2.22. The van der Waals surface area contributed by atoms with Crippen LogP contribution >= 0.6 is 0 Å². The molecule has 8 nitrogen and oxygen atoms in total. The molecule has 0 bridgehead atoms. The van der Waals surface area contributed by atoms with Gasteiger partial charge in [0.2, 0.25) is 0 Å². The zero-order valence-corrected chi connectivity index (χ0v) is 25.7. The molecule has 0 N–H and O–H groups in total. The number of ether oxygens (including phenoxy) is 5. The average molecular weight is 586 g/mol. The minimum absolute atomic E-state index is 0.409. The Morgan fingerprint density at radius 2 is 1.16 bits per heavy atom. The smallest absolute Gasteiger partial charge is 0.119 e. The molecular weight excluding hydrogens is 542 g/mol. The third-order valence-electron chi connectivity index (χ3n) is 6.87. The van der Waals surface area contributed by atoms with Crippen LogP contribution in [0.4, 0.5) is 11.4 Å². The van der Waals surface area contributed by atoms with Gasteiger partial charge in [-0.3, -0.25) is 4.98 Å². The Labute approximate surface area is 255 Å². The summed E-state index contributed by atoms with van der Waals surface area (Å²) in [6.45, 7) is 4.40. The van der Waals surface area contributed by atoms with Crippen molar-refractivity contribution in [1.29, 1.82) is 0 Å². The zero-order chi connectivity index (χ0) is 30.3. The highest BCUT2D eigenvalue weighted by atomic mass is 16.5. The SMILES string of the molecule is COc1cccc(COCCOCCOCc2cc(N(Cc3cccc(OC)c3)Cc3cccc(N(C)C)c3)ccn2)c1. The predicted molar refractivity (Wildman–Crippen MR) is 171 cm³/mol. The lowest BCUT2D eigenvalue weighted by Gasteiger charge is -2.26. The van der Waals surface area contributed by atoms with E-state index in [2.05, 4.69) is 71.3 Å². The van der Waals surface area contributed by atoms with Gasteiger partial charge in [-0.25, -0.2) is 0 Å². The third-order valence-corrected chi connectivity index (χ3v) is 6.87. The van der Waals surface area contributed by atoms with Crippen LogP contribution in [0.3, 0.4) is 0 Å². The highest BCUT2D eigenvalue weighted by Gasteiger charge is 2.12. The molecule has 0 aliphatic heterocycles. The van der Waals surface area contributed by atoms with Crippen LogP contribution in [0.25, 0.3) is 0 Å². The zero-order valence-electron chi connectivity index (χ0n) is 25.7. The first kappa shape index (κ1) is 31.8. The molecule has 8 heteroatoms. The van der Waals surface area contributed by atoms with Crippen molar-refractivity contribution in [1.82, 2.24) is 4.98 Å². The fourth-order valence-electron chi connectivity index (χ4n) is 4.59. The van der Waals surface area contributed by atoms with Crippen molar-refractivity contribution in [2.75, 3.05) is 64.5 Å². The maximum Gasteiger partial charge on any atom is 0.119 e. The number of benzene rings is 3. The van der Waals surface area contributed by atoms with Crippen LogP contribution in [-0.2, 0) is 40.5 Å². The Morgan fingerprint density at radius 1 is 0.581 bits per heavy atom. The summed E-state index contributed by atoms with van der Waals surface area (Å²) in [6.07, 6.45) is 1.85. The molecule has 3 aromatic carbocycles. The van der Waals surface area contributed by atoms with E-state index in [1.54, 1.807) is 14.2 Å². The average Bonchev–Trinajstić information content (AvgIpc) is 3.04. The molecular formula is C35H43N3O5. The molecule has 1 aromatic heterocycles. The van der Waals surface area contributed by atoms with Crippen molar-refractivity contribution in [2.45, 2.75) is 26.3 Å². The maximum absolute atomic E-state index is 5.88. The highest BCUT2D eigenvalue weighted by molar-refractivity contribution is 5.51. The summed E-state index contributed by atoms with van der Waals surface area (Å²) in [6, 6.07) is 28.8. The number of hydrogen-bond acceptors (Lipinski definition) is 8. The molecule has 0 amide bonds. The molecule has 0 aliphatic carbocycles. The summed E-state index contributed by atoms with van der Waals surface area (Å²) in [4.78, 5) is 9.02. The monoisotopic (exact) mass is 585 g/mol. The number of hydrogen-bond donors (Lipinski definition) is 0. The summed E-state index contributed by atoms with van der Waals surface area (Å²) in [5.74, 6) is 1.68. The standard InChI is InChI=1S/C35H43N3O5/c1-37(2)32-11-5-8-28(20-32)24-38(25-29-9-6-12-34(21-29)39-3)33-14-15-36-31(23-33)27-43-19-17-41-16-18-42-26-30-10-7-13-35(22-30)40-4/h5-15,20-23H,16-19,24-27H2,1-4H3. The van der Waals surface area contributed by atoms with Gasteiger partial charge in [0.15, 0.2) is 0 Å². The largest absolute Gasteiger partial charge is 0.497 e. The second kappa shape index (κ2) is 17.1. The summed E-state index contributed by atoms with van der Waals surface area (Å²) in [7, 11) is 7.48. The minimum atomic E-state index is 0.409. The Balaban J connectivity index is 1.28. The number of aromatic nitrogens is 1. The van der Waals surface area contributed by atoms with Crippen LogP contribution in [0.2, 0.25) is 0 Å². The summed E-state index contributed by atoms with van der Waals surface area (Å²) in [5, 5.41) is 0. The molecule has 4 aromatic rings. The number of methoxy groups -OCH3 is 2. The molecule has 0 saturated heterocycles. The van der Waals surface area contributed by atoms with Crippen LogP contribution < -0.4 is 19.3 Å². The van der Waals surface area contributed by atoms with E-state index in [0.29, 0.717) is 39.6 Å².